The van der Waals surface area contributed by atoms with E-state index in [0.717, 1.165) is 11.3 Å². The summed E-state index contributed by atoms with van der Waals surface area (Å²) in [5, 5.41) is 0. The van der Waals surface area contributed by atoms with E-state index < -0.39 is 0 Å². The normalized spacial score (nSPS) is 10.4. The maximum absolute atomic E-state index is 11.6. The van der Waals surface area contributed by atoms with E-state index in [1.807, 2.05) is 16.7 Å². The highest BCUT2D eigenvalue weighted by molar-refractivity contribution is 5.75. The SMILES string of the molecule is CN(C)C(=O)CCn1cncc1-c1cccnc1N. The molecule has 2 N–H and O–H groups in total. The number of imidazole rings is 1. The third kappa shape index (κ3) is 2.90. The summed E-state index contributed by atoms with van der Waals surface area (Å²) in [6, 6.07) is 3.72. The molecule has 0 saturated heterocycles. The number of nitrogens with two attached hydrogens (primary N) is 1. The number of carbonyl (C=O) groups is 1. The number of nitrogens with zero attached hydrogens (tertiary/aromatic N) is 4. The van der Waals surface area contributed by atoms with Gasteiger partial charge in [-0.25, -0.2) is 9.97 Å². The molecule has 100 valence electrons. The molecule has 6 heteroatoms. The quantitative estimate of drug-likeness (QED) is 0.888. The zero-order chi connectivity index (χ0) is 13.8. The second-order valence-electron chi connectivity index (χ2n) is 4.45. The summed E-state index contributed by atoms with van der Waals surface area (Å²) < 4.78 is 1.91. The maximum Gasteiger partial charge on any atom is 0.223 e. The van der Waals surface area contributed by atoms with Crippen molar-refractivity contribution in [3.63, 3.8) is 0 Å². The van der Waals surface area contributed by atoms with Gasteiger partial charge in [0.15, 0.2) is 0 Å². The number of aryl methyl sites for hydroxylation is 1. The number of carbonyl (C=O) groups excluding carboxylic acids is 1. The topological polar surface area (TPSA) is 77.0 Å². The first-order chi connectivity index (χ1) is 9.09. The van der Waals surface area contributed by atoms with E-state index in [1.54, 1.807) is 37.7 Å². The van der Waals surface area contributed by atoms with E-state index in [0.29, 0.717) is 18.8 Å². The van der Waals surface area contributed by atoms with Crippen LogP contribution in [0.25, 0.3) is 11.3 Å². The van der Waals surface area contributed by atoms with Gasteiger partial charge in [0, 0.05) is 38.8 Å². The molecule has 0 aliphatic heterocycles. The van der Waals surface area contributed by atoms with Crippen molar-refractivity contribution in [1.29, 1.82) is 0 Å². The molecule has 2 rings (SSSR count). The van der Waals surface area contributed by atoms with Gasteiger partial charge < -0.3 is 15.2 Å². The van der Waals surface area contributed by atoms with Gasteiger partial charge in [0.1, 0.15) is 5.82 Å². The van der Waals surface area contributed by atoms with Crippen molar-refractivity contribution in [2.75, 3.05) is 19.8 Å². The largest absolute Gasteiger partial charge is 0.383 e. The minimum atomic E-state index is 0.0822. The van der Waals surface area contributed by atoms with Crippen molar-refractivity contribution in [2.24, 2.45) is 0 Å². The summed E-state index contributed by atoms with van der Waals surface area (Å²) in [7, 11) is 3.49. The summed E-state index contributed by atoms with van der Waals surface area (Å²) in [5.41, 5.74) is 7.56. The first kappa shape index (κ1) is 13.1. The predicted octanol–water partition coefficient (Wildman–Crippen LogP) is 1.01. The third-order valence-electron chi connectivity index (χ3n) is 2.89. The minimum Gasteiger partial charge on any atom is -0.383 e. The molecule has 6 nitrogen and oxygen atoms in total. The van der Waals surface area contributed by atoms with Crippen LogP contribution < -0.4 is 5.73 Å². The van der Waals surface area contributed by atoms with E-state index >= 15 is 0 Å². The van der Waals surface area contributed by atoms with Gasteiger partial charge in [0.2, 0.25) is 5.91 Å². The molecule has 0 radical (unpaired) electrons. The Morgan fingerprint density at radius 2 is 2.26 bits per heavy atom. The van der Waals surface area contributed by atoms with E-state index in [1.165, 1.54) is 0 Å². The molecular formula is C13H17N5O. The standard InChI is InChI=1S/C13H17N5O/c1-17(2)12(19)5-7-18-9-15-8-11(18)10-4-3-6-16-13(10)14/h3-4,6,8-9H,5,7H2,1-2H3,(H2,14,16). The van der Waals surface area contributed by atoms with Crippen molar-refractivity contribution in [3.05, 3.63) is 30.9 Å². The Morgan fingerprint density at radius 3 is 2.95 bits per heavy atom. The Kier molecular flexibility index (Phi) is 3.79. The number of pyridine rings is 1. The average molecular weight is 259 g/mol. The summed E-state index contributed by atoms with van der Waals surface area (Å²) in [4.78, 5) is 21.4. The van der Waals surface area contributed by atoms with Gasteiger partial charge >= 0.3 is 0 Å². The maximum atomic E-state index is 11.6. The number of rotatable bonds is 4. The zero-order valence-electron chi connectivity index (χ0n) is 11.1. The van der Waals surface area contributed by atoms with Crippen molar-refractivity contribution in [1.82, 2.24) is 19.4 Å². The van der Waals surface area contributed by atoms with E-state index in [9.17, 15) is 4.79 Å². The molecular weight excluding hydrogens is 242 g/mol. The molecule has 0 saturated carbocycles. The molecule has 0 aliphatic carbocycles. The lowest BCUT2D eigenvalue weighted by Gasteiger charge is -2.12. The van der Waals surface area contributed by atoms with Gasteiger partial charge in [-0.2, -0.15) is 0 Å². The van der Waals surface area contributed by atoms with Gasteiger partial charge in [0.25, 0.3) is 0 Å². The van der Waals surface area contributed by atoms with Crippen LogP contribution in [0.4, 0.5) is 5.82 Å². The summed E-state index contributed by atoms with van der Waals surface area (Å²) in [6.45, 7) is 0.570. The number of amides is 1. The summed E-state index contributed by atoms with van der Waals surface area (Å²) in [6.07, 6.45) is 5.50. The summed E-state index contributed by atoms with van der Waals surface area (Å²) in [5.74, 6) is 0.544. The molecule has 0 bridgehead atoms. The van der Waals surface area contributed by atoms with Crippen LogP contribution in [0.1, 0.15) is 6.42 Å². The van der Waals surface area contributed by atoms with E-state index in [4.69, 9.17) is 5.73 Å². The van der Waals surface area contributed by atoms with Crippen molar-refractivity contribution in [3.8, 4) is 11.3 Å². The lowest BCUT2D eigenvalue weighted by molar-refractivity contribution is -0.128. The lowest BCUT2D eigenvalue weighted by Crippen LogP contribution is -2.22. The monoisotopic (exact) mass is 259 g/mol. The molecule has 0 aliphatic rings. The molecule has 2 aromatic rings. The number of hydrogen-bond donors (Lipinski definition) is 1. The fourth-order valence-electron chi connectivity index (χ4n) is 1.80. The molecule has 2 aromatic heterocycles. The molecule has 0 spiro atoms. The van der Waals surface area contributed by atoms with Crippen molar-refractivity contribution < 1.29 is 4.79 Å². The molecule has 0 aromatic carbocycles. The Balaban J connectivity index is 2.19. The molecule has 0 atom stereocenters. The highest BCUT2D eigenvalue weighted by atomic mass is 16.2. The highest BCUT2D eigenvalue weighted by Crippen LogP contribution is 2.23. The van der Waals surface area contributed by atoms with Crippen LogP contribution in [0.3, 0.4) is 0 Å². The van der Waals surface area contributed by atoms with Gasteiger partial charge in [0.05, 0.1) is 18.2 Å². The van der Waals surface area contributed by atoms with Crippen LogP contribution in [0, 0.1) is 0 Å². The highest BCUT2D eigenvalue weighted by Gasteiger charge is 2.10. The molecule has 19 heavy (non-hydrogen) atoms. The smallest absolute Gasteiger partial charge is 0.223 e. The minimum absolute atomic E-state index is 0.0822. The average Bonchev–Trinajstić information content (AvgIpc) is 2.84. The van der Waals surface area contributed by atoms with Gasteiger partial charge in [-0.3, -0.25) is 4.79 Å². The van der Waals surface area contributed by atoms with Crippen LogP contribution in [0.5, 0.6) is 0 Å². The van der Waals surface area contributed by atoms with Crippen molar-refractivity contribution in [2.45, 2.75) is 13.0 Å². The zero-order valence-corrected chi connectivity index (χ0v) is 11.1. The fraction of sp³-hybridized carbons (Fsp3) is 0.308. The van der Waals surface area contributed by atoms with E-state index in [-0.39, 0.29) is 5.91 Å². The number of hydrogen-bond acceptors (Lipinski definition) is 4. The van der Waals surface area contributed by atoms with Crippen LogP contribution in [0.15, 0.2) is 30.9 Å². The second kappa shape index (κ2) is 5.51. The van der Waals surface area contributed by atoms with Gasteiger partial charge in [-0.15, -0.1) is 0 Å². The predicted molar refractivity (Wildman–Crippen MR) is 73.2 cm³/mol. The van der Waals surface area contributed by atoms with E-state index in [2.05, 4.69) is 9.97 Å². The lowest BCUT2D eigenvalue weighted by atomic mass is 10.2. The van der Waals surface area contributed by atoms with Crippen LogP contribution in [-0.4, -0.2) is 39.4 Å². The number of nitrogen functional groups attached to an aromatic ring is 1. The first-order valence-corrected chi connectivity index (χ1v) is 6.00. The molecule has 0 fully saturated rings. The van der Waals surface area contributed by atoms with Crippen LogP contribution >= 0.6 is 0 Å². The van der Waals surface area contributed by atoms with Crippen LogP contribution in [0.2, 0.25) is 0 Å². The Hall–Kier alpha value is -2.37. The Morgan fingerprint density at radius 1 is 1.47 bits per heavy atom. The Bertz CT molecular complexity index is 576. The van der Waals surface area contributed by atoms with Crippen molar-refractivity contribution >= 4 is 11.7 Å². The second-order valence-corrected chi connectivity index (χ2v) is 4.45. The third-order valence-corrected chi connectivity index (χ3v) is 2.89. The Labute approximate surface area is 111 Å². The van der Waals surface area contributed by atoms with Gasteiger partial charge in [-0.05, 0) is 12.1 Å². The molecule has 0 unspecified atom stereocenters. The van der Waals surface area contributed by atoms with Gasteiger partial charge in [-0.1, -0.05) is 0 Å². The molecule has 1 amide bonds. The molecule has 2 heterocycles. The summed E-state index contributed by atoms with van der Waals surface area (Å²) >= 11 is 0. The van der Waals surface area contributed by atoms with Crippen LogP contribution in [-0.2, 0) is 11.3 Å². The fourth-order valence-corrected chi connectivity index (χ4v) is 1.80. The first-order valence-electron chi connectivity index (χ1n) is 6.00. The number of anilines is 1. The number of aromatic nitrogens is 3.